The summed E-state index contributed by atoms with van der Waals surface area (Å²) in [6.45, 7) is 0.300. The van der Waals surface area contributed by atoms with E-state index in [2.05, 4.69) is 5.32 Å². The fourth-order valence-corrected chi connectivity index (χ4v) is 2.08. The number of rotatable bonds is 4. The minimum atomic E-state index is -4.27. The Bertz CT molecular complexity index is 399. The highest BCUT2D eigenvalue weighted by Gasteiger charge is 2.33. The number of halogens is 3. The normalized spacial score (nSPS) is 16.2. The average Bonchev–Trinajstić information content (AvgIpc) is 3.08. The Balaban J connectivity index is 2.22. The second-order valence-electron chi connectivity index (χ2n) is 4.18. The van der Waals surface area contributed by atoms with E-state index in [9.17, 15) is 13.2 Å². The number of alkyl halides is 3. The lowest BCUT2D eigenvalue weighted by molar-refractivity contribution is -0.138. The van der Waals surface area contributed by atoms with E-state index in [1.807, 2.05) is 0 Å². The zero-order chi connectivity index (χ0) is 12.5. The molecule has 0 saturated heterocycles. The lowest BCUT2D eigenvalue weighted by Crippen LogP contribution is -2.19. The van der Waals surface area contributed by atoms with Gasteiger partial charge in [-0.2, -0.15) is 13.2 Å². The lowest BCUT2D eigenvalue weighted by atomic mass is 10.1. The third-order valence-electron chi connectivity index (χ3n) is 2.78. The number of thioether (sulfide) groups is 1. The molecule has 0 spiro atoms. The summed E-state index contributed by atoms with van der Waals surface area (Å²) in [7, 11) is 0. The summed E-state index contributed by atoms with van der Waals surface area (Å²) >= 11 is 1.32. The van der Waals surface area contributed by atoms with Gasteiger partial charge in [-0.25, -0.2) is 0 Å². The van der Waals surface area contributed by atoms with Crippen LogP contribution in [0.2, 0.25) is 0 Å². The molecule has 0 aromatic heterocycles. The van der Waals surface area contributed by atoms with E-state index in [0.29, 0.717) is 23.0 Å². The van der Waals surface area contributed by atoms with Crippen LogP contribution in [0.1, 0.15) is 24.0 Å². The SMILES string of the molecule is CSc1ccc(CNC2CC2)c(C(F)(F)F)c1. The number of hydrogen-bond acceptors (Lipinski definition) is 2. The van der Waals surface area contributed by atoms with E-state index in [4.69, 9.17) is 0 Å². The molecular formula is C12H14F3NS. The maximum atomic E-state index is 12.9. The Morgan fingerprint density at radius 3 is 2.59 bits per heavy atom. The third kappa shape index (κ3) is 3.39. The molecule has 1 aliphatic carbocycles. The molecule has 1 fully saturated rings. The Hall–Kier alpha value is -0.680. The third-order valence-corrected chi connectivity index (χ3v) is 3.51. The first kappa shape index (κ1) is 12.8. The molecule has 0 aliphatic heterocycles. The van der Waals surface area contributed by atoms with Crippen LogP contribution in [0.25, 0.3) is 0 Å². The van der Waals surface area contributed by atoms with Gasteiger partial charge in [0, 0.05) is 17.5 Å². The highest BCUT2D eigenvalue weighted by atomic mass is 32.2. The van der Waals surface area contributed by atoms with Crippen molar-refractivity contribution in [3.05, 3.63) is 29.3 Å². The van der Waals surface area contributed by atoms with Crippen LogP contribution in [0.3, 0.4) is 0 Å². The fourth-order valence-electron chi connectivity index (χ4n) is 1.64. The first-order valence-electron chi connectivity index (χ1n) is 5.48. The van der Waals surface area contributed by atoms with Crippen LogP contribution in [0.15, 0.2) is 23.1 Å². The lowest BCUT2D eigenvalue weighted by Gasteiger charge is -2.14. The minimum absolute atomic E-state index is 0.300. The van der Waals surface area contributed by atoms with E-state index in [0.717, 1.165) is 12.8 Å². The zero-order valence-corrected chi connectivity index (χ0v) is 10.3. The second kappa shape index (κ2) is 4.90. The first-order valence-corrected chi connectivity index (χ1v) is 6.70. The highest BCUT2D eigenvalue weighted by Crippen LogP contribution is 2.34. The maximum absolute atomic E-state index is 12.9. The van der Waals surface area contributed by atoms with Crippen LogP contribution in [-0.4, -0.2) is 12.3 Å². The summed E-state index contributed by atoms with van der Waals surface area (Å²) in [6.07, 6.45) is -0.349. The average molecular weight is 261 g/mol. The van der Waals surface area contributed by atoms with Crippen LogP contribution in [0, 0.1) is 0 Å². The Kier molecular flexibility index (Phi) is 3.68. The zero-order valence-electron chi connectivity index (χ0n) is 9.47. The molecular weight excluding hydrogens is 247 g/mol. The van der Waals surface area contributed by atoms with E-state index in [-0.39, 0.29) is 0 Å². The van der Waals surface area contributed by atoms with E-state index < -0.39 is 11.7 Å². The van der Waals surface area contributed by atoms with Crippen molar-refractivity contribution in [3.8, 4) is 0 Å². The molecule has 2 rings (SSSR count). The molecule has 0 atom stereocenters. The quantitative estimate of drug-likeness (QED) is 0.830. The molecule has 1 N–H and O–H groups in total. The summed E-state index contributed by atoms with van der Waals surface area (Å²) in [5.74, 6) is 0. The van der Waals surface area contributed by atoms with Gasteiger partial charge in [-0.3, -0.25) is 0 Å². The van der Waals surface area contributed by atoms with Gasteiger partial charge < -0.3 is 5.32 Å². The standard InChI is InChI=1S/C12H14F3NS/c1-17-10-5-2-8(7-16-9-3-4-9)11(6-10)12(13,14)15/h2,5-6,9,16H,3-4,7H2,1H3. The molecule has 1 aromatic carbocycles. The van der Waals surface area contributed by atoms with Crippen molar-refractivity contribution in [1.29, 1.82) is 0 Å². The fraction of sp³-hybridized carbons (Fsp3) is 0.500. The predicted molar refractivity (Wildman–Crippen MR) is 63.1 cm³/mol. The van der Waals surface area contributed by atoms with Gasteiger partial charge in [-0.15, -0.1) is 11.8 Å². The minimum Gasteiger partial charge on any atom is -0.310 e. The van der Waals surface area contributed by atoms with Crippen molar-refractivity contribution in [2.45, 2.75) is 36.5 Å². The number of hydrogen-bond donors (Lipinski definition) is 1. The van der Waals surface area contributed by atoms with Crippen molar-refractivity contribution in [2.75, 3.05) is 6.26 Å². The number of benzene rings is 1. The highest BCUT2D eigenvalue weighted by molar-refractivity contribution is 7.98. The molecule has 0 bridgehead atoms. The molecule has 1 aliphatic rings. The van der Waals surface area contributed by atoms with Gasteiger partial charge in [0.05, 0.1) is 5.56 Å². The maximum Gasteiger partial charge on any atom is 0.416 e. The first-order chi connectivity index (χ1) is 8.00. The smallest absolute Gasteiger partial charge is 0.310 e. The van der Waals surface area contributed by atoms with Crippen LogP contribution in [-0.2, 0) is 12.7 Å². The Labute approximate surface area is 103 Å². The summed E-state index contributed by atoms with van der Waals surface area (Å²) in [6, 6.07) is 4.96. The predicted octanol–water partition coefficient (Wildman–Crippen LogP) is 3.68. The molecule has 0 unspecified atom stereocenters. The molecule has 0 heterocycles. The second-order valence-corrected chi connectivity index (χ2v) is 5.06. The summed E-state index contributed by atoms with van der Waals surface area (Å²) in [5, 5.41) is 3.12. The van der Waals surface area contributed by atoms with Crippen LogP contribution < -0.4 is 5.32 Å². The van der Waals surface area contributed by atoms with Crippen molar-refractivity contribution < 1.29 is 13.2 Å². The summed E-state index contributed by atoms with van der Waals surface area (Å²) < 4.78 is 38.6. The molecule has 1 nitrogen and oxygen atoms in total. The van der Waals surface area contributed by atoms with Gasteiger partial charge in [0.25, 0.3) is 0 Å². The largest absolute Gasteiger partial charge is 0.416 e. The summed E-state index contributed by atoms with van der Waals surface area (Å²) in [5.41, 5.74) is -0.181. The van der Waals surface area contributed by atoms with Crippen molar-refractivity contribution in [2.24, 2.45) is 0 Å². The summed E-state index contributed by atoms with van der Waals surface area (Å²) in [4.78, 5) is 0.646. The van der Waals surface area contributed by atoms with Gasteiger partial charge in [0.1, 0.15) is 0 Å². The van der Waals surface area contributed by atoms with Gasteiger partial charge in [0.2, 0.25) is 0 Å². The number of nitrogens with one attached hydrogen (secondary N) is 1. The van der Waals surface area contributed by atoms with Crippen molar-refractivity contribution in [1.82, 2.24) is 5.32 Å². The van der Waals surface area contributed by atoms with Gasteiger partial charge >= 0.3 is 6.18 Å². The van der Waals surface area contributed by atoms with Crippen LogP contribution in [0.4, 0.5) is 13.2 Å². The van der Waals surface area contributed by atoms with Crippen molar-refractivity contribution in [3.63, 3.8) is 0 Å². The Morgan fingerprint density at radius 1 is 1.35 bits per heavy atom. The Morgan fingerprint density at radius 2 is 2.06 bits per heavy atom. The molecule has 5 heteroatoms. The van der Waals surface area contributed by atoms with Gasteiger partial charge in [-0.05, 0) is 36.8 Å². The van der Waals surface area contributed by atoms with E-state index in [1.54, 1.807) is 18.4 Å². The molecule has 0 amide bonds. The van der Waals surface area contributed by atoms with E-state index in [1.165, 1.54) is 17.8 Å². The monoisotopic (exact) mass is 261 g/mol. The molecule has 17 heavy (non-hydrogen) atoms. The molecule has 94 valence electrons. The molecule has 0 radical (unpaired) electrons. The topological polar surface area (TPSA) is 12.0 Å². The molecule has 1 aromatic rings. The van der Waals surface area contributed by atoms with Crippen molar-refractivity contribution >= 4 is 11.8 Å². The van der Waals surface area contributed by atoms with Crippen LogP contribution >= 0.6 is 11.8 Å². The molecule has 1 saturated carbocycles. The van der Waals surface area contributed by atoms with E-state index >= 15 is 0 Å². The van der Waals surface area contributed by atoms with Crippen LogP contribution in [0.5, 0.6) is 0 Å². The van der Waals surface area contributed by atoms with Gasteiger partial charge in [-0.1, -0.05) is 6.07 Å². The van der Waals surface area contributed by atoms with Gasteiger partial charge in [0.15, 0.2) is 0 Å².